The van der Waals surface area contributed by atoms with Crippen LogP contribution in [0.3, 0.4) is 0 Å². The number of hydrogen-bond acceptors (Lipinski definition) is 3. The Hall–Kier alpha value is -3.82. The van der Waals surface area contributed by atoms with E-state index in [1.165, 1.54) is 25.3 Å². The first kappa shape index (κ1) is 37.4. The van der Waals surface area contributed by atoms with Gasteiger partial charge in [0, 0.05) is 41.9 Å². The lowest BCUT2D eigenvalue weighted by molar-refractivity contribution is -0.438. The Morgan fingerprint density at radius 3 is 2.12 bits per heavy atom. The maximum absolute atomic E-state index is 14.3. The van der Waals surface area contributed by atoms with Gasteiger partial charge in [0.15, 0.2) is 5.71 Å². The second kappa shape index (κ2) is 13.1. The van der Waals surface area contributed by atoms with Crippen LogP contribution in [0.25, 0.3) is 0 Å². The molecule has 10 heteroatoms. The minimum Gasteiger partial charge on any atom is -0.495 e. The summed E-state index contributed by atoms with van der Waals surface area (Å²) in [5.41, 5.74) is 0.206. The molecule has 4 nitrogen and oxygen atoms in total. The molecule has 0 spiro atoms. The van der Waals surface area contributed by atoms with Crippen molar-refractivity contribution in [3.63, 3.8) is 0 Å². The number of hydrogen-bond donors (Lipinski definition) is 0. The zero-order chi connectivity index (χ0) is 37.1. The summed E-state index contributed by atoms with van der Waals surface area (Å²) in [6, 6.07) is 8.01. The van der Waals surface area contributed by atoms with Gasteiger partial charge < -0.3 is 9.64 Å². The molecule has 0 atom stereocenters. The number of anilines is 1. The first-order valence-corrected chi connectivity index (χ1v) is 17.2. The number of ketones is 1. The van der Waals surface area contributed by atoms with E-state index in [2.05, 4.69) is 27.7 Å². The maximum atomic E-state index is 14.3. The van der Waals surface area contributed by atoms with Crippen LogP contribution >= 0.6 is 0 Å². The Bertz CT molecular complexity index is 1820. The van der Waals surface area contributed by atoms with Gasteiger partial charge in [0.05, 0.1) is 40.4 Å². The molecule has 0 amide bonds. The van der Waals surface area contributed by atoms with Crippen molar-refractivity contribution in [1.29, 1.82) is 0 Å². The van der Waals surface area contributed by atoms with Gasteiger partial charge in [-0.2, -0.15) is 30.9 Å². The van der Waals surface area contributed by atoms with E-state index in [9.17, 15) is 31.1 Å². The van der Waals surface area contributed by atoms with Crippen molar-refractivity contribution in [3.8, 4) is 0 Å². The number of allylic oxidation sites excluding steroid dienone is 5. The highest BCUT2D eigenvalue weighted by Crippen LogP contribution is 2.52. The molecule has 2 aromatic carbocycles. The van der Waals surface area contributed by atoms with Gasteiger partial charge in [-0.3, -0.25) is 4.79 Å². The molecular weight excluding hydrogens is 654 g/mol. The van der Waals surface area contributed by atoms with Gasteiger partial charge in [0.1, 0.15) is 12.3 Å². The molecule has 2 heterocycles. The van der Waals surface area contributed by atoms with E-state index in [0.717, 1.165) is 31.4 Å². The molecule has 0 saturated heterocycles. The number of halogens is 6. The summed E-state index contributed by atoms with van der Waals surface area (Å²) >= 11 is 0. The Balaban J connectivity index is 1.64. The third kappa shape index (κ3) is 6.55. The van der Waals surface area contributed by atoms with Crippen LogP contribution in [0, 0.1) is 11.8 Å². The molecule has 50 heavy (non-hydrogen) atoms. The van der Waals surface area contributed by atoms with Gasteiger partial charge in [-0.1, -0.05) is 47.6 Å². The molecule has 3 aliphatic rings. The number of nitrogens with zero attached hydrogens (tertiary/aromatic N) is 2. The largest absolute Gasteiger partial charge is 0.495 e. The lowest BCUT2D eigenvalue weighted by Crippen LogP contribution is -2.33. The molecule has 2 aliphatic heterocycles. The number of Topliss-reactive ketones (excluding diaryl/α,β-unsaturated/α-hetero) is 1. The van der Waals surface area contributed by atoms with E-state index in [0.29, 0.717) is 59.0 Å². The van der Waals surface area contributed by atoms with E-state index in [4.69, 9.17) is 4.74 Å². The molecule has 0 fully saturated rings. The summed E-state index contributed by atoms with van der Waals surface area (Å²) in [7, 11) is 1.44. The van der Waals surface area contributed by atoms with Gasteiger partial charge in [0.2, 0.25) is 11.5 Å². The van der Waals surface area contributed by atoms with Crippen LogP contribution in [-0.2, 0) is 32.7 Å². The number of rotatable bonds is 10. The van der Waals surface area contributed by atoms with E-state index in [1.54, 1.807) is 32.1 Å². The first-order chi connectivity index (χ1) is 23.1. The highest BCUT2D eigenvalue weighted by molar-refractivity contribution is 6.24. The van der Waals surface area contributed by atoms with Crippen molar-refractivity contribution >= 4 is 22.9 Å². The van der Waals surface area contributed by atoms with Crippen LogP contribution in [0.2, 0.25) is 0 Å². The standard InChI is InChI=1S/C40H47F6N2O2/c1-23(2)12-11-18-47-31-14-10-13-28(40(44,45)46)34(31)38(7,8)33(47)22-27-35(49)26(36(27)50-9)21-32-37(5,6)29-20-25(39(41,42)43)15-16-30(29)48(32)19-17-24(3)4/h10,13-16,20-24H,11-12,17-19H2,1-9H3/q+1. The van der Waals surface area contributed by atoms with Gasteiger partial charge in [-0.25, -0.2) is 0 Å². The number of carbonyl (C=O) groups is 1. The fraction of sp³-hybridized carbons (Fsp3) is 0.500. The highest BCUT2D eigenvalue weighted by Gasteiger charge is 2.52. The van der Waals surface area contributed by atoms with Crippen LogP contribution in [0.4, 0.5) is 37.7 Å². The van der Waals surface area contributed by atoms with Gasteiger partial charge in [0.25, 0.3) is 0 Å². The van der Waals surface area contributed by atoms with Crippen LogP contribution in [0.15, 0.2) is 71.2 Å². The van der Waals surface area contributed by atoms with Crippen molar-refractivity contribution in [2.75, 3.05) is 25.1 Å². The predicted molar refractivity (Wildman–Crippen MR) is 185 cm³/mol. The van der Waals surface area contributed by atoms with Crippen molar-refractivity contribution in [2.24, 2.45) is 11.8 Å². The van der Waals surface area contributed by atoms with Crippen molar-refractivity contribution in [2.45, 2.75) is 97.8 Å². The number of alkyl halides is 6. The fourth-order valence-electron chi connectivity index (χ4n) is 7.54. The molecule has 270 valence electrons. The third-order valence-electron chi connectivity index (χ3n) is 10.3. The van der Waals surface area contributed by atoms with E-state index in [1.807, 2.05) is 23.3 Å². The Morgan fingerprint density at radius 1 is 0.880 bits per heavy atom. The Labute approximate surface area is 291 Å². The zero-order valence-electron chi connectivity index (χ0n) is 30.3. The maximum Gasteiger partial charge on any atom is 0.416 e. The van der Waals surface area contributed by atoms with Crippen LogP contribution in [-0.4, -0.2) is 36.3 Å². The van der Waals surface area contributed by atoms with Gasteiger partial charge in [-0.15, -0.1) is 0 Å². The lowest BCUT2D eigenvalue weighted by atomic mass is 9.76. The van der Waals surface area contributed by atoms with E-state index >= 15 is 0 Å². The molecule has 0 aromatic heterocycles. The number of ether oxygens (including phenoxy) is 1. The van der Waals surface area contributed by atoms with Crippen LogP contribution < -0.4 is 4.90 Å². The number of methoxy groups -OCH3 is 1. The molecule has 2 aromatic rings. The normalized spacial score (nSPS) is 20.1. The second-order valence-electron chi connectivity index (χ2n) is 15.4. The Kier molecular flexibility index (Phi) is 9.78. The number of benzene rings is 2. The Morgan fingerprint density at radius 2 is 1.54 bits per heavy atom. The average Bonchev–Trinajstić information content (AvgIpc) is 3.35. The minimum atomic E-state index is -4.56. The highest BCUT2D eigenvalue weighted by atomic mass is 19.4. The monoisotopic (exact) mass is 701 g/mol. The van der Waals surface area contributed by atoms with E-state index < -0.39 is 34.3 Å². The zero-order valence-corrected chi connectivity index (χ0v) is 30.3. The van der Waals surface area contributed by atoms with Gasteiger partial charge >= 0.3 is 12.4 Å². The summed E-state index contributed by atoms with van der Waals surface area (Å²) in [6.45, 7) is 16.5. The molecule has 0 saturated carbocycles. The summed E-state index contributed by atoms with van der Waals surface area (Å²) in [5, 5.41) is 0. The molecule has 1 aliphatic carbocycles. The van der Waals surface area contributed by atoms with Gasteiger partial charge in [-0.05, 0) is 74.4 Å². The molecule has 5 rings (SSSR count). The van der Waals surface area contributed by atoms with Crippen LogP contribution in [0.1, 0.15) is 96.9 Å². The van der Waals surface area contributed by atoms with Crippen molar-refractivity contribution in [1.82, 2.24) is 0 Å². The summed E-state index contributed by atoms with van der Waals surface area (Å²) in [4.78, 5) is 16.0. The number of fused-ring (bicyclic) bond motifs is 2. The van der Waals surface area contributed by atoms with Crippen molar-refractivity contribution < 1.29 is 40.4 Å². The molecular formula is C40H47F6N2O2+. The quantitative estimate of drug-likeness (QED) is 0.140. The predicted octanol–water partition coefficient (Wildman–Crippen LogP) is 10.7. The van der Waals surface area contributed by atoms with Crippen molar-refractivity contribution in [3.05, 3.63) is 93.4 Å². The summed E-state index contributed by atoms with van der Waals surface area (Å²) in [6.07, 6.45) is -3.30. The smallest absolute Gasteiger partial charge is 0.416 e. The fourth-order valence-corrected chi connectivity index (χ4v) is 7.54. The first-order valence-electron chi connectivity index (χ1n) is 17.2. The average molecular weight is 702 g/mol. The minimum absolute atomic E-state index is 0.172. The number of carbonyl (C=O) groups excluding carboxylic acids is 1. The summed E-state index contributed by atoms with van der Waals surface area (Å²) in [5.74, 6) is 0.694. The second-order valence-corrected chi connectivity index (χ2v) is 15.4. The van der Waals surface area contributed by atoms with Crippen LogP contribution in [0.5, 0.6) is 0 Å². The molecule has 0 N–H and O–H groups in total. The third-order valence-corrected chi connectivity index (χ3v) is 10.3. The molecule has 0 unspecified atom stereocenters. The molecule has 0 radical (unpaired) electrons. The molecule has 0 bridgehead atoms. The summed E-state index contributed by atoms with van der Waals surface area (Å²) < 4.78 is 92.0. The van der Waals surface area contributed by atoms with E-state index in [-0.39, 0.29) is 22.5 Å². The lowest BCUT2D eigenvalue weighted by Gasteiger charge is -2.30. The SMILES string of the molecule is COC1=C(/C=C2/N(CCC(C)C)c3ccc(C(F)(F)F)cc3C2(C)C)C(=O)/C1=C\C1=[N+](CCCC(C)C)c2cccc(C(F)(F)F)c2C1(C)C. The topological polar surface area (TPSA) is 32.5 Å².